The van der Waals surface area contributed by atoms with Gasteiger partial charge in [0.05, 0.1) is 17.0 Å². The van der Waals surface area contributed by atoms with Crippen molar-refractivity contribution in [1.29, 1.82) is 0 Å². The summed E-state index contributed by atoms with van der Waals surface area (Å²) in [6.45, 7) is 5.71. The van der Waals surface area contributed by atoms with Gasteiger partial charge in [0.25, 0.3) is 0 Å². The van der Waals surface area contributed by atoms with E-state index < -0.39 is 14.6 Å². The summed E-state index contributed by atoms with van der Waals surface area (Å²) in [4.78, 5) is 4.43. The van der Waals surface area contributed by atoms with Crippen LogP contribution in [0.15, 0.2) is 46.7 Å². The highest BCUT2D eigenvalue weighted by Crippen LogP contribution is 2.38. The first kappa shape index (κ1) is 19.3. The molecule has 0 unspecified atom stereocenters. The highest BCUT2D eigenvalue weighted by Gasteiger charge is 2.35. The Morgan fingerprint density at radius 2 is 1.69 bits per heavy atom. The maximum Gasteiger partial charge on any atom is 0.155 e. The highest BCUT2D eigenvalue weighted by atomic mass is 32.2. The molecule has 1 aliphatic carbocycles. The fraction of sp³-hybridized carbons (Fsp3) is 0.571. The largest absolute Gasteiger partial charge is 0.277 e. The average Bonchev–Trinajstić information content (AvgIpc) is 2.96. The maximum atomic E-state index is 14.9. The summed E-state index contributed by atoms with van der Waals surface area (Å²) in [6, 6.07) is 9.47. The Balaban J connectivity index is 1.63. The summed E-state index contributed by atoms with van der Waals surface area (Å²) in [5.74, 6) is 0.460. The Morgan fingerprint density at radius 1 is 1.08 bits per heavy atom. The summed E-state index contributed by atoms with van der Waals surface area (Å²) in [7, 11) is -3.10. The molecule has 1 heterocycles. The van der Waals surface area contributed by atoms with Gasteiger partial charge in [-0.15, -0.1) is 0 Å². The van der Waals surface area contributed by atoms with Crippen LogP contribution in [0.5, 0.6) is 0 Å². The third-order valence-corrected chi connectivity index (χ3v) is 8.45. The molecule has 1 aromatic rings. The smallest absolute Gasteiger partial charge is 0.155 e. The van der Waals surface area contributed by atoms with Crippen molar-refractivity contribution >= 4 is 15.5 Å². The maximum absolute atomic E-state index is 14.9. The first-order valence-electron chi connectivity index (χ1n) is 9.40. The summed E-state index contributed by atoms with van der Waals surface area (Å²) in [6.07, 6.45) is 3.39. The molecule has 142 valence electrons. The van der Waals surface area contributed by atoms with Crippen LogP contribution < -0.4 is 0 Å². The van der Waals surface area contributed by atoms with Gasteiger partial charge in [0.2, 0.25) is 0 Å². The second-order valence-corrected chi connectivity index (χ2v) is 11.3. The van der Waals surface area contributed by atoms with Gasteiger partial charge in [0.1, 0.15) is 11.5 Å². The Bertz CT molecular complexity index is 811. The van der Waals surface area contributed by atoms with Crippen LogP contribution in [0.4, 0.5) is 4.39 Å². The predicted molar refractivity (Wildman–Crippen MR) is 105 cm³/mol. The third kappa shape index (κ3) is 3.93. The van der Waals surface area contributed by atoms with Crippen molar-refractivity contribution in [2.24, 2.45) is 16.8 Å². The van der Waals surface area contributed by atoms with Crippen molar-refractivity contribution in [3.8, 4) is 0 Å². The van der Waals surface area contributed by atoms with Crippen LogP contribution >= 0.6 is 0 Å². The van der Waals surface area contributed by atoms with E-state index in [9.17, 15) is 12.8 Å². The van der Waals surface area contributed by atoms with E-state index in [2.05, 4.69) is 4.99 Å². The molecule has 0 amide bonds. The zero-order valence-corrected chi connectivity index (χ0v) is 16.7. The molecule has 26 heavy (non-hydrogen) atoms. The summed E-state index contributed by atoms with van der Waals surface area (Å²) in [5.41, 5.74) is 2.10. The van der Waals surface area contributed by atoms with E-state index in [0.717, 1.165) is 36.8 Å². The van der Waals surface area contributed by atoms with E-state index in [-0.39, 0.29) is 23.4 Å². The number of aliphatic imine (C=N–C) groups is 1. The Labute approximate surface area is 156 Å². The molecule has 0 aromatic heterocycles. The molecular formula is C21H28FNO2S. The van der Waals surface area contributed by atoms with Crippen molar-refractivity contribution in [2.45, 2.75) is 51.2 Å². The lowest BCUT2D eigenvalue weighted by Gasteiger charge is -2.31. The van der Waals surface area contributed by atoms with E-state index in [1.165, 1.54) is 0 Å². The number of sulfone groups is 1. The lowest BCUT2D eigenvalue weighted by atomic mass is 9.79. The highest BCUT2D eigenvalue weighted by molar-refractivity contribution is 7.92. The first-order valence-corrected chi connectivity index (χ1v) is 11.1. The fourth-order valence-electron chi connectivity index (χ4n) is 3.82. The van der Waals surface area contributed by atoms with Gasteiger partial charge >= 0.3 is 0 Å². The van der Waals surface area contributed by atoms with Gasteiger partial charge in [-0.3, -0.25) is 4.99 Å². The lowest BCUT2D eigenvalue weighted by molar-refractivity contribution is 0.316. The summed E-state index contributed by atoms with van der Waals surface area (Å²) in [5, 5.41) is 0. The number of rotatable bonds is 4. The van der Waals surface area contributed by atoms with Gasteiger partial charge in [-0.1, -0.05) is 30.3 Å². The molecule has 1 aliphatic heterocycles. The number of hydrogen-bond acceptors (Lipinski definition) is 3. The second kappa shape index (κ2) is 7.26. The van der Waals surface area contributed by atoms with Crippen molar-refractivity contribution in [2.75, 3.05) is 12.3 Å². The molecule has 0 bridgehead atoms. The van der Waals surface area contributed by atoms with E-state index in [4.69, 9.17) is 0 Å². The van der Waals surface area contributed by atoms with Gasteiger partial charge in [-0.2, -0.15) is 0 Å². The molecular weight excluding hydrogens is 349 g/mol. The normalized spacial score (nSPS) is 24.7. The quantitative estimate of drug-likeness (QED) is 0.761. The fourth-order valence-corrected chi connectivity index (χ4v) is 5.27. The Kier molecular flexibility index (Phi) is 5.38. The van der Waals surface area contributed by atoms with Gasteiger partial charge in [-0.25, -0.2) is 12.8 Å². The van der Waals surface area contributed by atoms with Crippen LogP contribution in [0.3, 0.4) is 0 Å². The van der Waals surface area contributed by atoms with E-state index in [1.54, 1.807) is 20.8 Å². The SMILES string of the molecule is CC(C)(C)S(=O)(=O)CC1CCC(C2=C(F)C(c3ccccc3)=NC2)CC1. The molecule has 3 rings (SSSR count). The van der Waals surface area contributed by atoms with Crippen molar-refractivity contribution < 1.29 is 12.8 Å². The van der Waals surface area contributed by atoms with Crippen molar-refractivity contribution in [1.82, 2.24) is 0 Å². The van der Waals surface area contributed by atoms with Crippen molar-refractivity contribution in [3.05, 3.63) is 47.3 Å². The Morgan fingerprint density at radius 3 is 2.27 bits per heavy atom. The van der Waals surface area contributed by atoms with E-state index in [0.29, 0.717) is 12.3 Å². The van der Waals surface area contributed by atoms with E-state index >= 15 is 0 Å². The standard InChI is InChI=1S/C21H28FNO2S/c1-21(2,3)26(24,25)14-15-9-11-16(12-10-15)18-13-23-20(19(18)22)17-7-5-4-6-8-17/h4-8,15-16H,9-14H2,1-3H3. The zero-order chi connectivity index (χ0) is 18.9. The minimum Gasteiger partial charge on any atom is -0.277 e. The molecule has 0 spiro atoms. The number of halogens is 1. The van der Waals surface area contributed by atoms with Crippen molar-refractivity contribution in [3.63, 3.8) is 0 Å². The molecule has 1 saturated carbocycles. The molecule has 0 saturated heterocycles. The number of hydrogen-bond donors (Lipinski definition) is 0. The topological polar surface area (TPSA) is 46.5 Å². The number of nitrogens with zero attached hydrogens (tertiary/aromatic N) is 1. The van der Waals surface area contributed by atoms with Crippen LogP contribution in [0.2, 0.25) is 0 Å². The minimum absolute atomic E-state index is 0.165. The first-order chi connectivity index (χ1) is 12.2. The van der Waals surface area contributed by atoms with Crippen LogP contribution in [0.25, 0.3) is 0 Å². The number of benzene rings is 1. The van der Waals surface area contributed by atoms with Gasteiger partial charge in [0, 0.05) is 5.56 Å². The minimum atomic E-state index is -3.10. The van der Waals surface area contributed by atoms with Gasteiger partial charge in [0.15, 0.2) is 9.84 Å². The monoisotopic (exact) mass is 377 g/mol. The zero-order valence-electron chi connectivity index (χ0n) is 15.8. The average molecular weight is 378 g/mol. The van der Waals surface area contributed by atoms with E-state index in [1.807, 2.05) is 30.3 Å². The molecule has 1 aromatic carbocycles. The van der Waals surface area contributed by atoms with Gasteiger partial charge < -0.3 is 0 Å². The van der Waals surface area contributed by atoms with Crippen LogP contribution in [-0.2, 0) is 9.84 Å². The van der Waals surface area contributed by atoms with Crippen LogP contribution in [0.1, 0.15) is 52.0 Å². The van der Waals surface area contributed by atoms with Crippen LogP contribution in [0, 0.1) is 11.8 Å². The molecule has 5 heteroatoms. The number of allylic oxidation sites excluding steroid dienone is 1. The summed E-state index contributed by atoms with van der Waals surface area (Å²) < 4.78 is 39.0. The Hall–Kier alpha value is -1.49. The lowest BCUT2D eigenvalue weighted by Crippen LogP contribution is -2.34. The second-order valence-electron chi connectivity index (χ2n) is 8.48. The molecule has 0 N–H and O–H groups in total. The van der Waals surface area contributed by atoms with Gasteiger partial charge in [-0.05, 0) is 63.9 Å². The predicted octanol–water partition coefficient (Wildman–Crippen LogP) is 4.73. The van der Waals surface area contributed by atoms with Crippen LogP contribution in [-0.4, -0.2) is 31.2 Å². The molecule has 1 fully saturated rings. The molecule has 0 atom stereocenters. The third-order valence-electron chi connectivity index (χ3n) is 5.67. The molecule has 0 radical (unpaired) electrons. The molecule has 3 nitrogen and oxygen atoms in total. The summed E-state index contributed by atoms with van der Waals surface area (Å²) >= 11 is 0. The molecule has 2 aliphatic rings.